The highest BCUT2D eigenvalue weighted by Gasteiger charge is 2.20. The molecule has 0 unspecified atom stereocenters. The maximum Gasteiger partial charge on any atom is 0.297 e. The van der Waals surface area contributed by atoms with Gasteiger partial charge in [0.2, 0.25) is 11.9 Å². The molecule has 222 valence electrons. The number of likely N-dealkylation sites (N-methyl/N-ethyl adjacent to an activating group) is 2. The molecule has 0 atom stereocenters. The fourth-order valence-corrected chi connectivity index (χ4v) is 4.53. The third kappa shape index (κ3) is 6.44. The van der Waals surface area contributed by atoms with Gasteiger partial charge in [0.1, 0.15) is 11.3 Å². The van der Waals surface area contributed by atoms with Gasteiger partial charge < -0.3 is 29.9 Å². The Hall–Kier alpha value is -4.71. The van der Waals surface area contributed by atoms with E-state index in [9.17, 15) is 4.79 Å². The van der Waals surface area contributed by atoms with E-state index in [1.54, 1.807) is 25.4 Å². The van der Waals surface area contributed by atoms with E-state index in [4.69, 9.17) is 9.47 Å². The minimum atomic E-state index is -0.480. The summed E-state index contributed by atoms with van der Waals surface area (Å²) >= 11 is 0. The number of aromatic nitrogens is 4. The largest absolute Gasteiger partial charge is 0.494 e. The Labute approximate surface area is 245 Å². The van der Waals surface area contributed by atoms with E-state index in [0.29, 0.717) is 46.5 Å². The summed E-state index contributed by atoms with van der Waals surface area (Å²) in [6.45, 7) is 9.05. The van der Waals surface area contributed by atoms with Crippen LogP contribution in [-0.4, -0.2) is 78.8 Å². The smallest absolute Gasteiger partial charge is 0.297 e. The first-order chi connectivity index (χ1) is 20.1. The summed E-state index contributed by atoms with van der Waals surface area (Å²) < 4.78 is 28.1. The second-order valence-corrected chi connectivity index (χ2v) is 10.3. The van der Waals surface area contributed by atoms with Gasteiger partial charge >= 0.3 is 0 Å². The molecular weight excluding hydrogens is 539 g/mol. The molecule has 42 heavy (non-hydrogen) atoms. The minimum Gasteiger partial charge on any atom is -0.494 e. The van der Waals surface area contributed by atoms with Crippen molar-refractivity contribution < 1.29 is 18.7 Å². The standard InChI is InChI=1S/C30H37FN8O3/c1-9-27(40)33-22-16-23(26(41-7)17-24(22)38(6)13-12-37(4)5)35-29-32-11-10-21(34-29)19-14-20(31)28-25(15-19)39(18(2)3)30(36-28)42-8/h9-11,14-18H,1,12-13H2,2-8H3,(H,33,40)(H,32,34,35). The molecule has 2 aromatic carbocycles. The van der Waals surface area contributed by atoms with Gasteiger partial charge in [-0.15, -0.1) is 0 Å². The lowest BCUT2D eigenvalue weighted by atomic mass is 10.1. The summed E-state index contributed by atoms with van der Waals surface area (Å²) in [6, 6.07) is 8.87. The number of halogens is 1. The Kier molecular flexibility index (Phi) is 9.26. The molecule has 2 heterocycles. The lowest BCUT2D eigenvalue weighted by Crippen LogP contribution is -2.29. The highest BCUT2D eigenvalue weighted by Crippen LogP contribution is 2.38. The summed E-state index contributed by atoms with van der Waals surface area (Å²) in [4.78, 5) is 29.7. The molecule has 0 fully saturated rings. The van der Waals surface area contributed by atoms with E-state index in [2.05, 4.69) is 37.1 Å². The average Bonchev–Trinajstić information content (AvgIpc) is 3.36. The van der Waals surface area contributed by atoms with Crippen molar-refractivity contribution in [2.75, 3.05) is 64.0 Å². The van der Waals surface area contributed by atoms with Crippen molar-refractivity contribution in [2.45, 2.75) is 19.9 Å². The molecule has 12 heteroatoms. The Balaban J connectivity index is 1.73. The van der Waals surface area contributed by atoms with Crippen molar-refractivity contribution >= 4 is 40.0 Å². The molecule has 0 aliphatic carbocycles. The van der Waals surface area contributed by atoms with Gasteiger partial charge in [-0.05, 0) is 58.3 Å². The molecule has 0 saturated heterocycles. The second-order valence-electron chi connectivity index (χ2n) is 10.3. The summed E-state index contributed by atoms with van der Waals surface area (Å²) in [7, 11) is 9.01. The highest BCUT2D eigenvalue weighted by atomic mass is 19.1. The van der Waals surface area contributed by atoms with Crippen LogP contribution in [0.25, 0.3) is 22.3 Å². The van der Waals surface area contributed by atoms with Gasteiger partial charge in [-0.3, -0.25) is 9.36 Å². The van der Waals surface area contributed by atoms with Gasteiger partial charge in [0.25, 0.3) is 6.01 Å². The topological polar surface area (TPSA) is 110 Å². The van der Waals surface area contributed by atoms with Crippen LogP contribution in [0.15, 0.2) is 49.2 Å². The van der Waals surface area contributed by atoms with Crippen molar-refractivity contribution in [1.29, 1.82) is 0 Å². The number of carbonyl (C=O) groups excluding carboxylic acids is 1. The van der Waals surface area contributed by atoms with Gasteiger partial charge in [-0.1, -0.05) is 6.58 Å². The van der Waals surface area contributed by atoms with Crippen LogP contribution in [0, 0.1) is 5.82 Å². The van der Waals surface area contributed by atoms with Gasteiger partial charge in [0.15, 0.2) is 5.82 Å². The monoisotopic (exact) mass is 576 g/mol. The van der Waals surface area contributed by atoms with Crippen LogP contribution in [-0.2, 0) is 4.79 Å². The number of benzene rings is 2. The van der Waals surface area contributed by atoms with Gasteiger partial charge in [-0.2, -0.15) is 4.98 Å². The number of rotatable bonds is 12. The predicted molar refractivity (Wildman–Crippen MR) is 165 cm³/mol. The molecule has 2 aromatic heterocycles. The average molecular weight is 577 g/mol. The maximum absolute atomic E-state index is 15.2. The molecule has 0 saturated carbocycles. The highest BCUT2D eigenvalue weighted by molar-refractivity contribution is 6.02. The zero-order chi connectivity index (χ0) is 30.6. The number of hydrogen-bond acceptors (Lipinski definition) is 9. The first kappa shape index (κ1) is 30.3. The van der Waals surface area contributed by atoms with Crippen molar-refractivity contribution in [3.63, 3.8) is 0 Å². The van der Waals surface area contributed by atoms with Crippen molar-refractivity contribution in [3.8, 4) is 23.0 Å². The second kappa shape index (κ2) is 12.9. The molecule has 0 spiro atoms. The van der Waals surface area contributed by atoms with Crippen LogP contribution < -0.4 is 25.0 Å². The Morgan fingerprint density at radius 2 is 1.86 bits per heavy atom. The first-order valence-corrected chi connectivity index (χ1v) is 13.4. The van der Waals surface area contributed by atoms with E-state index < -0.39 is 5.82 Å². The van der Waals surface area contributed by atoms with Crippen molar-refractivity contribution in [1.82, 2.24) is 24.4 Å². The lowest BCUT2D eigenvalue weighted by molar-refractivity contribution is -0.111. The lowest BCUT2D eigenvalue weighted by Gasteiger charge is -2.26. The summed E-state index contributed by atoms with van der Waals surface area (Å²) in [5, 5.41) is 6.07. The molecule has 4 rings (SSSR count). The molecular formula is C30H37FN8O3. The van der Waals surface area contributed by atoms with Crippen LogP contribution in [0.3, 0.4) is 0 Å². The van der Waals surface area contributed by atoms with E-state index in [1.807, 2.05) is 56.6 Å². The van der Waals surface area contributed by atoms with Gasteiger partial charge in [0.05, 0.1) is 42.5 Å². The molecule has 0 radical (unpaired) electrons. The summed E-state index contributed by atoms with van der Waals surface area (Å²) in [5.74, 6) is -0.0449. The summed E-state index contributed by atoms with van der Waals surface area (Å²) in [6.07, 6.45) is 2.80. The zero-order valence-corrected chi connectivity index (χ0v) is 25.0. The quantitative estimate of drug-likeness (QED) is 0.223. The van der Waals surface area contributed by atoms with E-state index in [-0.39, 0.29) is 23.4 Å². The van der Waals surface area contributed by atoms with Gasteiger partial charge in [0, 0.05) is 44.0 Å². The number of hydrogen-bond donors (Lipinski definition) is 2. The Morgan fingerprint density at radius 1 is 1.10 bits per heavy atom. The van der Waals surface area contributed by atoms with E-state index in [0.717, 1.165) is 12.2 Å². The molecule has 0 aliphatic heterocycles. The number of imidazole rings is 1. The molecule has 2 N–H and O–H groups in total. The molecule has 4 aromatic rings. The number of fused-ring (bicyclic) bond motifs is 1. The number of ether oxygens (including phenoxy) is 2. The van der Waals surface area contributed by atoms with Crippen molar-refractivity contribution in [3.05, 3.63) is 55.0 Å². The fraction of sp³-hybridized carbons (Fsp3) is 0.333. The van der Waals surface area contributed by atoms with Crippen LogP contribution in [0.2, 0.25) is 0 Å². The number of methoxy groups -OCH3 is 2. The number of anilines is 4. The molecule has 0 bridgehead atoms. The molecule has 0 aliphatic rings. The maximum atomic E-state index is 15.2. The fourth-order valence-electron chi connectivity index (χ4n) is 4.53. The van der Waals surface area contributed by atoms with Crippen molar-refractivity contribution in [2.24, 2.45) is 0 Å². The Bertz CT molecular complexity index is 1600. The zero-order valence-electron chi connectivity index (χ0n) is 25.0. The molecule has 11 nitrogen and oxygen atoms in total. The predicted octanol–water partition coefficient (Wildman–Crippen LogP) is 5.10. The summed E-state index contributed by atoms with van der Waals surface area (Å²) in [5.41, 5.74) is 3.74. The van der Waals surface area contributed by atoms with Crippen LogP contribution in [0.5, 0.6) is 11.8 Å². The number of nitrogens with one attached hydrogen (secondary N) is 2. The normalized spacial score (nSPS) is 11.2. The SMILES string of the molecule is C=CC(=O)Nc1cc(Nc2nccc(-c3cc(F)c4nc(OC)n(C(C)C)c4c3)n2)c(OC)cc1N(C)CCN(C)C. The van der Waals surface area contributed by atoms with Gasteiger partial charge in [-0.25, -0.2) is 14.4 Å². The van der Waals surface area contributed by atoms with Crippen LogP contribution in [0.1, 0.15) is 19.9 Å². The van der Waals surface area contributed by atoms with Crippen LogP contribution in [0.4, 0.5) is 27.4 Å². The number of carbonyl (C=O) groups is 1. The van der Waals surface area contributed by atoms with E-state index in [1.165, 1.54) is 19.3 Å². The third-order valence-corrected chi connectivity index (χ3v) is 6.67. The third-order valence-electron chi connectivity index (χ3n) is 6.67. The first-order valence-electron chi connectivity index (χ1n) is 13.4. The van der Waals surface area contributed by atoms with E-state index >= 15 is 4.39 Å². The minimum absolute atomic E-state index is 0.00429. The number of amides is 1. The van der Waals surface area contributed by atoms with Crippen LogP contribution >= 0.6 is 0 Å². The molecule has 1 amide bonds. The number of nitrogens with zero attached hydrogens (tertiary/aromatic N) is 6. The Morgan fingerprint density at radius 3 is 2.50 bits per heavy atom.